The molecule has 0 saturated heterocycles. The van der Waals surface area contributed by atoms with E-state index in [-0.39, 0.29) is 0 Å². The number of nitrogen functional groups attached to an aromatic ring is 1. The number of hydrogen-bond acceptors (Lipinski definition) is 5. The summed E-state index contributed by atoms with van der Waals surface area (Å²) in [6, 6.07) is 13.2. The molecular formula is C16H15N3O2. The van der Waals surface area contributed by atoms with Gasteiger partial charge in [-0.1, -0.05) is 12.1 Å². The lowest BCUT2D eigenvalue weighted by molar-refractivity contribution is 0.296. The fourth-order valence-electron chi connectivity index (χ4n) is 2.08. The number of aromatic nitrogens is 2. The molecule has 0 atom stereocenters. The zero-order valence-electron chi connectivity index (χ0n) is 11.6. The van der Waals surface area contributed by atoms with Gasteiger partial charge in [0.25, 0.3) is 0 Å². The Bertz CT molecular complexity index is 774. The molecule has 0 amide bonds. The number of benzene rings is 2. The minimum Gasteiger partial charge on any atom is -0.497 e. The van der Waals surface area contributed by atoms with Gasteiger partial charge in [-0.25, -0.2) is 9.97 Å². The molecule has 3 aromatic rings. The van der Waals surface area contributed by atoms with Crippen LogP contribution in [0.2, 0.25) is 0 Å². The van der Waals surface area contributed by atoms with Crippen molar-refractivity contribution in [1.82, 2.24) is 9.97 Å². The van der Waals surface area contributed by atoms with E-state index < -0.39 is 0 Å². The van der Waals surface area contributed by atoms with E-state index in [1.165, 1.54) is 6.33 Å². The van der Waals surface area contributed by atoms with Crippen LogP contribution in [0.4, 0.5) is 5.69 Å². The normalized spacial score (nSPS) is 10.5. The summed E-state index contributed by atoms with van der Waals surface area (Å²) in [5, 5.41) is 0.806. The summed E-state index contributed by atoms with van der Waals surface area (Å²) in [6.45, 7) is 0.401. The van der Waals surface area contributed by atoms with Gasteiger partial charge in [-0.2, -0.15) is 0 Å². The third kappa shape index (κ3) is 2.86. The van der Waals surface area contributed by atoms with E-state index >= 15 is 0 Å². The van der Waals surface area contributed by atoms with Crippen LogP contribution >= 0.6 is 0 Å². The molecule has 2 aromatic carbocycles. The number of nitrogens with two attached hydrogens (primary N) is 1. The highest BCUT2D eigenvalue weighted by Crippen LogP contribution is 2.24. The predicted octanol–water partition coefficient (Wildman–Crippen LogP) is 2.80. The van der Waals surface area contributed by atoms with Gasteiger partial charge in [-0.3, -0.25) is 0 Å². The molecule has 0 fully saturated rings. The third-order valence-corrected chi connectivity index (χ3v) is 3.13. The first-order valence-corrected chi connectivity index (χ1v) is 6.52. The standard InChI is InChI=1S/C16H15N3O2/c1-20-13-4-2-3-11(7-13)9-21-16-14-8-12(17)5-6-15(14)18-10-19-16/h2-8,10H,9,17H2,1H3. The first-order valence-electron chi connectivity index (χ1n) is 6.52. The monoisotopic (exact) mass is 281 g/mol. The molecule has 0 unspecified atom stereocenters. The number of methoxy groups -OCH3 is 1. The Morgan fingerprint density at radius 1 is 1.10 bits per heavy atom. The van der Waals surface area contributed by atoms with Crippen LogP contribution in [0, 0.1) is 0 Å². The highest BCUT2D eigenvalue weighted by Gasteiger charge is 2.06. The Hall–Kier alpha value is -2.82. The van der Waals surface area contributed by atoms with Gasteiger partial charge in [-0.15, -0.1) is 0 Å². The van der Waals surface area contributed by atoms with E-state index in [1.54, 1.807) is 13.2 Å². The summed E-state index contributed by atoms with van der Waals surface area (Å²) in [5.41, 5.74) is 8.28. The van der Waals surface area contributed by atoms with Gasteiger partial charge in [0.15, 0.2) is 0 Å². The molecule has 0 aliphatic rings. The van der Waals surface area contributed by atoms with E-state index in [0.717, 1.165) is 22.2 Å². The van der Waals surface area contributed by atoms with Gasteiger partial charge in [0.2, 0.25) is 5.88 Å². The third-order valence-electron chi connectivity index (χ3n) is 3.13. The summed E-state index contributed by atoms with van der Waals surface area (Å²) in [7, 11) is 1.64. The highest BCUT2D eigenvalue weighted by atomic mass is 16.5. The lowest BCUT2D eigenvalue weighted by atomic mass is 10.2. The smallest absolute Gasteiger partial charge is 0.224 e. The van der Waals surface area contributed by atoms with Crippen molar-refractivity contribution in [3.05, 3.63) is 54.4 Å². The molecule has 0 bridgehead atoms. The Kier molecular flexibility index (Phi) is 3.55. The van der Waals surface area contributed by atoms with E-state index in [9.17, 15) is 0 Å². The molecule has 0 saturated carbocycles. The first-order chi connectivity index (χ1) is 10.3. The van der Waals surface area contributed by atoms with Crippen LogP contribution in [0.1, 0.15) is 5.56 Å². The van der Waals surface area contributed by atoms with Crippen LogP contribution in [-0.4, -0.2) is 17.1 Å². The van der Waals surface area contributed by atoms with Crippen molar-refractivity contribution in [3.63, 3.8) is 0 Å². The molecule has 1 aromatic heterocycles. The molecule has 0 radical (unpaired) electrons. The second-order valence-electron chi connectivity index (χ2n) is 4.60. The molecule has 1 heterocycles. The molecule has 2 N–H and O–H groups in total. The molecular weight excluding hydrogens is 266 g/mol. The molecule has 5 heteroatoms. The van der Waals surface area contributed by atoms with Gasteiger partial charge in [0, 0.05) is 5.69 Å². The minimum atomic E-state index is 0.401. The van der Waals surface area contributed by atoms with Crippen LogP contribution in [0.25, 0.3) is 10.9 Å². The largest absolute Gasteiger partial charge is 0.497 e. The number of ether oxygens (including phenoxy) is 2. The second-order valence-corrected chi connectivity index (χ2v) is 4.60. The molecule has 106 valence electrons. The maximum atomic E-state index is 5.81. The minimum absolute atomic E-state index is 0.401. The number of hydrogen-bond donors (Lipinski definition) is 1. The molecule has 0 aliphatic heterocycles. The zero-order chi connectivity index (χ0) is 14.7. The number of fused-ring (bicyclic) bond motifs is 1. The van der Waals surface area contributed by atoms with Gasteiger partial charge in [0.1, 0.15) is 18.7 Å². The molecule has 3 rings (SSSR count). The Morgan fingerprint density at radius 3 is 2.86 bits per heavy atom. The van der Waals surface area contributed by atoms with E-state index in [4.69, 9.17) is 15.2 Å². The summed E-state index contributed by atoms with van der Waals surface area (Å²) in [6.07, 6.45) is 1.49. The summed E-state index contributed by atoms with van der Waals surface area (Å²) in [5.74, 6) is 1.32. The average Bonchev–Trinajstić information content (AvgIpc) is 2.53. The maximum absolute atomic E-state index is 5.81. The van der Waals surface area contributed by atoms with E-state index in [2.05, 4.69) is 9.97 Å². The Labute approximate surface area is 122 Å². The summed E-state index contributed by atoms with van der Waals surface area (Å²) in [4.78, 5) is 8.38. The lowest BCUT2D eigenvalue weighted by Crippen LogP contribution is -1.99. The second kappa shape index (κ2) is 5.66. The number of rotatable bonds is 4. The van der Waals surface area contributed by atoms with Crippen molar-refractivity contribution in [2.45, 2.75) is 6.61 Å². The quantitative estimate of drug-likeness (QED) is 0.745. The summed E-state index contributed by atoms with van der Waals surface area (Å²) >= 11 is 0. The maximum Gasteiger partial charge on any atom is 0.224 e. The van der Waals surface area contributed by atoms with Crippen molar-refractivity contribution in [2.24, 2.45) is 0 Å². The van der Waals surface area contributed by atoms with Gasteiger partial charge >= 0.3 is 0 Å². The van der Waals surface area contributed by atoms with Gasteiger partial charge in [-0.05, 0) is 35.9 Å². The van der Waals surface area contributed by atoms with Gasteiger partial charge in [0.05, 0.1) is 18.0 Å². The van der Waals surface area contributed by atoms with Crippen LogP contribution in [0.3, 0.4) is 0 Å². The molecule has 5 nitrogen and oxygen atoms in total. The Balaban J connectivity index is 1.86. The molecule has 0 aliphatic carbocycles. The number of anilines is 1. The van der Waals surface area contributed by atoms with Gasteiger partial charge < -0.3 is 15.2 Å². The SMILES string of the molecule is COc1cccc(COc2ncnc3ccc(N)cc23)c1. The fraction of sp³-hybridized carbons (Fsp3) is 0.125. The van der Waals surface area contributed by atoms with Crippen molar-refractivity contribution >= 4 is 16.6 Å². The predicted molar refractivity (Wildman–Crippen MR) is 81.3 cm³/mol. The number of nitrogens with zero attached hydrogens (tertiary/aromatic N) is 2. The fourth-order valence-corrected chi connectivity index (χ4v) is 2.08. The zero-order valence-corrected chi connectivity index (χ0v) is 11.6. The highest BCUT2D eigenvalue weighted by molar-refractivity contribution is 5.86. The van der Waals surface area contributed by atoms with Crippen molar-refractivity contribution in [3.8, 4) is 11.6 Å². The van der Waals surface area contributed by atoms with Crippen molar-refractivity contribution < 1.29 is 9.47 Å². The van der Waals surface area contributed by atoms with Crippen molar-refractivity contribution in [1.29, 1.82) is 0 Å². The van der Waals surface area contributed by atoms with E-state index in [1.807, 2.05) is 36.4 Å². The van der Waals surface area contributed by atoms with Crippen LogP contribution < -0.4 is 15.2 Å². The lowest BCUT2D eigenvalue weighted by Gasteiger charge is -2.09. The molecule has 21 heavy (non-hydrogen) atoms. The van der Waals surface area contributed by atoms with Crippen LogP contribution in [0.15, 0.2) is 48.8 Å². The average molecular weight is 281 g/mol. The first kappa shape index (κ1) is 13.2. The Morgan fingerprint density at radius 2 is 2.00 bits per heavy atom. The van der Waals surface area contributed by atoms with Crippen LogP contribution in [-0.2, 0) is 6.61 Å². The van der Waals surface area contributed by atoms with Crippen LogP contribution in [0.5, 0.6) is 11.6 Å². The van der Waals surface area contributed by atoms with E-state index in [0.29, 0.717) is 18.2 Å². The van der Waals surface area contributed by atoms with Crippen molar-refractivity contribution in [2.75, 3.05) is 12.8 Å². The summed E-state index contributed by atoms with van der Waals surface area (Å²) < 4.78 is 11.0. The topological polar surface area (TPSA) is 70.3 Å². The molecule has 0 spiro atoms.